The van der Waals surface area contributed by atoms with E-state index in [1.54, 1.807) is 0 Å². The molecule has 2 heterocycles. The number of benzene rings is 2. The summed E-state index contributed by atoms with van der Waals surface area (Å²) in [6, 6.07) is 16.0. The van der Waals surface area contributed by atoms with Gasteiger partial charge in [-0.1, -0.05) is 42.6 Å². The summed E-state index contributed by atoms with van der Waals surface area (Å²) in [4.78, 5) is 21.0. The lowest BCUT2D eigenvalue weighted by molar-refractivity contribution is 0.100. The number of halogens is 1. The van der Waals surface area contributed by atoms with E-state index in [9.17, 15) is 4.79 Å². The van der Waals surface area contributed by atoms with Gasteiger partial charge >= 0.3 is 0 Å². The van der Waals surface area contributed by atoms with Gasteiger partial charge in [0.15, 0.2) is 0 Å². The van der Waals surface area contributed by atoms with E-state index in [0.717, 1.165) is 47.8 Å². The Kier molecular flexibility index (Phi) is 6.57. The number of anilines is 3. The van der Waals surface area contributed by atoms with Crippen molar-refractivity contribution in [2.75, 3.05) is 10.6 Å². The molecule has 0 bridgehead atoms. The van der Waals surface area contributed by atoms with Crippen LogP contribution < -0.4 is 22.1 Å². The topological polar surface area (TPSA) is 124 Å². The van der Waals surface area contributed by atoms with Gasteiger partial charge in [0, 0.05) is 47.1 Å². The molecule has 2 aromatic carbocycles. The first-order valence-corrected chi connectivity index (χ1v) is 12.1. The Morgan fingerprint density at radius 1 is 1.11 bits per heavy atom. The van der Waals surface area contributed by atoms with Crippen molar-refractivity contribution in [3.05, 3.63) is 77.1 Å². The van der Waals surface area contributed by atoms with Crippen molar-refractivity contribution in [1.82, 2.24) is 14.5 Å². The van der Waals surface area contributed by atoms with Gasteiger partial charge in [-0.05, 0) is 48.7 Å². The first-order valence-electron chi connectivity index (χ1n) is 11.8. The highest BCUT2D eigenvalue weighted by Crippen LogP contribution is 2.29. The summed E-state index contributed by atoms with van der Waals surface area (Å²) in [6.07, 6.45) is 7.68. The quantitative estimate of drug-likeness (QED) is 0.299. The predicted octanol–water partition coefficient (Wildman–Crippen LogP) is 4.66. The first kappa shape index (κ1) is 23.1. The highest BCUT2D eigenvalue weighted by Gasteiger charge is 2.23. The number of fused-ring (bicyclic) bond motifs is 1. The Balaban J connectivity index is 1.44. The lowest BCUT2D eigenvalue weighted by atomic mass is 9.91. The Hall–Kier alpha value is -3.62. The van der Waals surface area contributed by atoms with Crippen molar-refractivity contribution in [2.45, 2.75) is 44.3 Å². The zero-order chi connectivity index (χ0) is 24.4. The number of hydrogen-bond acceptors (Lipinski definition) is 6. The molecule has 6 N–H and O–H groups in total. The third-order valence-electron chi connectivity index (χ3n) is 6.52. The predicted molar refractivity (Wildman–Crippen MR) is 140 cm³/mol. The van der Waals surface area contributed by atoms with Crippen LogP contribution in [0.4, 0.5) is 17.5 Å². The number of nitrogens with two attached hydrogens (primary N) is 2. The van der Waals surface area contributed by atoms with Gasteiger partial charge in [0.2, 0.25) is 5.95 Å². The molecule has 2 aromatic heterocycles. The van der Waals surface area contributed by atoms with Crippen molar-refractivity contribution in [3.63, 3.8) is 0 Å². The molecular weight excluding hydrogens is 462 g/mol. The number of rotatable bonds is 7. The van der Waals surface area contributed by atoms with E-state index in [0.29, 0.717) is 23.3 Å². The standard InChI is InChI=1S/C26H28ClN7O/c27-17-10-8-16(9-11-17)15-34-13-12-18-21(6-3-7-23(18)34)31-25-19(24(29)35)14-30-26(33-25)32-22-5-2-1-4-20(22)28/h3,6-14,20,22H,1-2,4-5,15,28H2,(H2,29,35)(H2,30,31,32,33)/t20-,22+/m0/s1. The van der Waals surface area contributed by atoms with Crippen molar-refractivity contribution >= 4 is 45.9 Å². The Bertz CT molecular complexity index is 1350. The van der Waals surface area contributed by atoms with Gasteiger partial charge in [0.25, 0.3) is 5.91 Å². The maximum Gasteiger partial charge on any atom is 0.254 e. The second-order valence-corrected chi connectivity index (χ2v) is 9.39. The molecule has 1 amide bonds. The van der Waals surface area contributed by atoms with Gasteiger partial charge in [0.05, 0.1) is 5.52 Å². The van der Waals surface area contributed by atoms with Crippen molar-refractivity contribution in [1.29, 1.82) is 0 Å². The molecule has 35 heavy (non-hydrogen) atoms. The number of hydrogen-bond donors (Lipinski definition) is 4. The largest absolute Gasteiger partial charge is 0.365 e. The van der Waals surface area contributed by atoms with Crippen LogP contribution in [0.3, 0.4) is 0 Å². The van der Waals surface area contributed by atoms with Crippen LogP contribution in [0.1, 0.15) is 41.6 Å². The van der Waals surface area contributed by atoms with E-state index < -0.39 is 5.91 Å². The van der Waals surface area contributed by atoms with E-state index in [1.165, 1.54) is 6.20 Å². The summed E-state index contributed by atoms with van der Waals surface area (Å²) >= 11 is 6.03. The van der Waals surface area contributed by atoms with Crippen LogP contribution in [0.15, 0.2) is 60.9 Å². The summed E-state index contributed by atoms with van der Waals surface area (Å²) in [5.41, 5.74) is 15.1. The van der Waals surface area contributed by atoms with Crippen LogP contribution in [-0.2, 0) is 6.54 Å². The second-order valence-electron chi connectivity index (χ2n) is 8.95. The minimum absolute atomic E-state index is 0.0497. The van der Waals surface area contributed by atoms with Crippen molar-refractivity contribution in [2.24, 2.45) is 11.5 Å². The fraction of sp³-hybridized carbons (Fsp3) is 0.269. The highest BCUT2D eigenvalue weighted by molar-refractivity contribution is 6.30. The summed E-state index contributed by atoms with van der Waals surface area (Å²) in [7, 11) is 0. The molecule has 1 aliphatic rings. The average molecular weight is 490 g/mol. The van der Waals surface area contributed by atoms with E-state index in [4.69, 9.17) is 23.1 Å². The average Bonchev–Trinajstić information content (AvgIpc) is 3.26. The van der Waals surface area contributed by atoms with Crippen LogP contribution >= 0.6 is 11.6 Å². The van der Waals surface area contributed by atoms with Crippen LogP contribution in [0.2, 0.25) is 5.02 Å². The number of amides is 1. The van der Waals surface area contributed by atoms with Crippen molar-refractivity contribution in [3.8, 4) is 0 Å². The molecular formula is C26H28ClN7O. The zero-order valence-corrected chi connectivity index (χ0v) is 20.0. The number of carbonyl (C=O) groups is 1. The number of nitrogens with zero attached hydrogens (tertiary/aromatic N) is 3. The third kappa shape index (κ3) is 5.08. The SMILES string of the molecule is NC(=O)c1cnc(N[C@@H]2CCCC[C@@H]2N)nc1Nc1cccc2c1ccn2Cc1ccc(Cl)cc1. The number of carbonyl (C=O) groups excluding carboxylic acids is 1. The molecule has 1 saturated carbocycles. The second kappa shape index (κ2) is 9.93. The molecule has 1 fully saturated rings. The zero-order valence-electron chi connectivity index (χ0n) is 19.2. The Labute approximate surface area is 208 Å². The molecule has 4 aromatic rings. The first-order chi connectivity index (χ1) is 17.0. The van der Waals surface area contributed by atoms with E-state index in [2.05, 4.69) is 31.2 Å². The Morgan fingerprint density at radius 2 is 1.91 bits per heavy atom. The highest BCUT2D eigenvalue weighted by atomic mass is 35.5. The Morgan fingerprint density at radius 3 is 2.69 bits per heavy atom. The maximum absolute atomic E-state index is 12.1. The van der Waals surface area contributed by atoms with Gasteiger partial charge in [-0.15, -0.1) is 0 Å². The molecule has 5 rings (SSSR count). The monoisotopic (exact) mass is 489 g/mol. The van der Waals surface area contributed by atoms with Crippen molar-refractivity contribution < 1.29 is 4.79 Å². The molecule has 0 saturated heterocycles. The van der Waals surface area contributed by atoms with E-state index >= 15 is 0 Å². The summed E-state index contributed by atoms with van der Waals surface area (Å²) < 4.78 is 2.16. The molecule has 8 nitrogen and oxygen atoms in total. The minimum Gasteiger partial charge on any atom is -0.365 e. The van der Waals surface area contributed by atoms with Crippen LogP contribution in [0.25, 0.3) is 10.9 Å². The summed E-state index contributed by atoms with van der Waals surface area (Å²) in [5.74, 6) is 0.186. The van der Waals surface area contributed by atoms with E-state index in [1.807, 2.05) is 48.7 Å². The van der Waals surface area contributed by atoms with Gasteiger partial charge in [-0.25, -0.2) is 4.98 Å². The maximum atomic E-state index is 12.1. The van der Waals surface area contributed by atoms with Crippen LogP contribution in [0, 0.1) is 0 Å². The molecule has 0 unspecified atom stereocenters. The number of nitrogens with one attached hydrogen (secondary N) is 2. The molecule has 0 radical (unpaired) electrons. The van der Waals surface area contributed by atoms with Gasteiger partial charge in [-0.3, -0.25) is 4.79 Å². The lowest BCUT2D eigenvalue weighted by Crippen LogP contribution is -2.43. The molecule has 0 aliphatic heterocycles. The third-order valence-corrected chi connectivity index (χ3v) is 6.77. The molecule has 0 spiro atoms. The summed E-state index contributed by atoms with van der Waals surface area (Å²) in [6.45, 7) is 0.708. The number of aromatic nitrogens is 3. The lowest BCUT2D eigenvalue weighted by Gasteiger charge is -2.29. The molecule has 1 aliphatic carbocycles. The summed E-state index contributed by atoms with van der Waals surface area (Å²) in [5, 5.41) is 8.37. The minimum atomic E-state index is -0.596. The fourth-order valence-corrected chi connectivity index (χ4v) is 4.74. The molecule has 2 atom stereocenters. The van der Waals surface area contributed by atoms with Gasteiger partial charge in [-0.2, -0.15) is 4.98 Å². The molecule has 180 valence electrons. The fourth-order valence-electron chi connectivity index (χ4n) is 4.62. The smallest absolute Gasteiger partial charge is 0.254 e. The van der Waals surface area contributed by atoms with E-state index in [-0.39, 0.29) is 17.6 Å². The van der Waals surface area contributed by atoms with Crippen LogP contribution in [-0.4, -0.2) is 32.5 Å². The number of primary amides is 1. The normalized spacial score (nSPS) is 17.9. The van der Waals surface area contributed by atoms with Crippen LogP contribution in [0.5, 0.6) is 0 Å². The van der Waals surface area contributed by atoms with Gasteiger partial charge in [0.1, 0.15) is 11.4 Å². The molecule has 9 heteroatoms. The van der Waals surface area contributed by atoms with Gasteiger partial charge < -0.3 is 26.7 Å².